The van der Waals surface area contributed by atoms with Gasteiger partial charge in [-0.1, -0.05) is 24.3 Å². The predicted octanol–water partition coefficient (Wildman–Crippen LogP) is 1.96. The molecule has 1 heterocycles. The van der Waals surface area contributed by atoms with Crippen molar-refractivity contribution in [1.82, 2.24) is 0 Å². The van der Waals surface area contributed by atoms with E-state index in [0.717, 1.165) is 6.42 Å². The van der Waals surface area contributed by atoms with Crippen molar-refractivity contribution in [2.75, 3.05) is 0 Å². The number of aliphatic imine (C=N–C) groups is 1. The minimum atomic E-state index is 0.457. The monoisotopic (exact) mass is 133 g/mol. The van der Waals surface area contributed by atoms with Gasteiger partial charge in [-0.05, 0) is 19.1 Å². The summed E-state index contributed by atoms with van der Waals surface area (Å²) in [6, 6.07) is 0.457. The standard InChI is InChI=1S/C9H11N/c1-2-6-9-8(4-1)5-3-7-10-9/h1-2,4,6-9H,3,5H2. The van der Waals surface area contributed by atoms with E-state index in [-0.39, 0.29) is 0 Å². The fourth-order valence-electron chi connectivity index (χ4n) is 1.53. The summed E-state index contributed by atoms with van der Waals surface area (Å²) >= 11 is 0. The molecule has 0 N–H and O–H groups in total. The molecule has 0 spiro atoms. The van der Waals surface area contributed by atoms with Gasteiger partial charge in [-0.15, -0.1) is 0 Å². The maximum Gasteiger partial charge on any atom is 0.0741 e. The summed E-state index contributed by atoms with van der Waals surface area (Å²) in [6.07, 6.45) is 13.1. The van der Waals surface area contributed by atoms with Crippen molar-refractivity contribution in [2.24, 2.45) is 10.9 Å². The Morgan fingerprint density at radius 3 is 3.00 bits per heavy atom. The van der Waals surface area contributed by atoms with Crippen molar-refractivity contribution in [3.8, 4) is 0 Å². The first kappa shape index (κ1) is 5.90. The Bertz CT molecular complexity index is 201. The lowest BCUT2D eigenvalue weighted by Gasteiger charge is -2.23. The van der Waals surface area contributed by atoms with E-state index in [1.165, 1.54) is 6.42 Å². The zero-order chi connectivity index (χ0) is 6.81. The van der Waals surface area contributed by atoms with Crippen molar-refractivity contribution < 1.29 is 0 Å². The van der Waals surface area contributed by atoms with Gasteiger partial charge < -0.3 is 0 Å². The Morgan fingerprint density at radius 1 is 1.20 bits per heavy atom. The summed E-state index contributed by atoms with van der Waals surface area (Å²) in [5, 5.41) is 0. The summed E-state index contributed by atoms with van der Waals surface area (Å²) in [5.41, 5.74) is 0. The maximum absolute atomic E-state index is 4.39. The summed E-state index contributed by atoms with van der Waals surface area (Å²) < 4.78 is 0. The topological polar surface area (TPSA) is 12.4 Å². The lowest BCUT2D eigenvalue weighted by molar-refractivity contribution is 0.523. The largest absolute Gasteiger partial charge is 0.289 e. The zero-order valence-electron chi connectivity index (χ0n) is 5.90. The van der Waals surface area contributed by atoms with Crippen LogP contribution in [0.4, 0.5) is 0 Å². The highest BCUT2D eigenvalue weighted by atomic mass is 14.8. The lowest BCUT2D eigenvalue weighted by atomic mass is 9.89. The fraction of sp³-hybridized carbons (Fsp3) is 0.444. The quantitative estimate of drug-likeness (QED) is 0.479. The molecule has 1 nitrogen and oxygen atoms in total. The van der Waals surface area contributed by atoms with E-state index in [2.05, 4.69) is 29.3 Å². The highest BCUT2D eigenvalue weighted by Crippen LogP contribution is 2.23. The second kappa shape index (κ2) is 2.41. The molecule has 2 atom stereocenters. The predicted molar refractivity (Wildman–Crippen MR) is 43.3 cm³/mol. The van der Waals surface area contributed by atoms with Crippen LogP contribution in [0.25, 0.3) is 0 Å². The third-order valence-electron chi connectivity index (χ3n) is 2.12. The third kappa shape index (κ3) is 0.919. The van der Waals surface area contributed by atoms with Crippen LogP contribution in [0, 0.1) is 5.92 Å². The Labute approximate surface area is 61.2 Å². The van der Waals surface area contributed by atoms with E-state index in [1.54, 1.807) is 0 Å². The Hall–Kier alpha value is -0.850. The molecule has 0 saturated carbocycles. The average Bonchev–Trinajstić information content (AvgIpc) is 2.05. The third-order valence-corrected chi connectivity index (χ3v) is 2.12. The molecule has 1 heteroatoms. The number of rotatable bonds is 0. The molecule has 0 bridgehead atoms. The van der Waals surface area contributed by atoms with Crippen molar-refractivity contribution >= 4 is 6.21 Å². The second-order valence-electron chi connectivity index (χ2n) is 2.83. The summed E-state index contributed by atoms with van der Waals surface area (Å²) in [4.78, 5) is 4.39. The van der Waals surface area contributed by atoms with Gasteiger partial charge in [0.25, 0.3) is 0 Å². The van der Waals surface area contributed by atoms with Gasteiger partial charge in [0.1, 0.15) is 0 Å². The van der Waals surface area contributed by atoms with Crippen LogP contribution >= 0.6 is 0 Å². The molecule has 2 aliphatic rings. The number of fused-ring (bicyclic) bond motifs is 1. The summed E-state index contributed by atoms with van der Waals surface area (Å²) in [5.74, 6) is 0.690. The molecule has 0 fully saturated rings. The molecule has 2 unspecified atom stereocenters. The average molecular weight is 133 g/mol. The van der Waals surface area contributed by atoms with Crippen LogP contribution in [-0.2, 0) is 0 Å². The van der Waals surface area contributed by atoms with Crippen LogP contribution in [0.2, 0.25) is 0 Å². The number of hydrogen-bond donors (Lipinski definition) is 0. The van der Waals surface area contributed by atoms with Crippen LogP contribution in [0.5, 0.6) is 0 Å². The molecular formula is C9H11N. The lowest BCUT2D eigenvalue weighted by Crippen LogP contribution is -2.19. The Kier molecular flexibility index (Phi) is 1.42. The van der Waals surface area contributed by atoms with Gasteiger partial charge in [0.2, 0.25) is 0 Å². The van der Waals surface area contributed by atoms with Gasteiger partial charge in [-0.3, -0.25) is 4.99 Å². The molecule has 2 rings (SSSR count). The maximum atomic E-state index is 4.39. The first-order valence-electron chi connectivity index (χ1n) is 3.83. The molecule has 0 amide bonds. The number of allylic oxidation sites excluding steroid dienone is 2. The molecule has 10 heavy (non-hydrogen) atoms. The van der Waals surface area contributed by atoms with Gasteiger partial charge in [-0.25, -0.2) is 0 Å². The van der Waals surface area contributed by atoms with E-state index in [1.807, 2.05) is 6.21 Å². The fourth-order valence-corrected chi connectivity index (χ4v) is 1.53. The van der Waals surface area contributed by atoms with Crippen LogP contribution in [-0.4, -0.2) is 12.3 Å². The zero-order valence-corrected chi connectivity index (χ0v) is 5.90. The molecule has 0 saturated heterocycles. The van der Waals surface area contributed by atoms with E-state index < -0.39 is 0 Å². The van der Waals surface area contributed by atoms with Crippen LogP contribution in [0.3, 0.4) is 0 Å². The second-order valence-corrected chi connectivity index (χ2v) is 2.83. The van der Waals surface area contributed by atoms with Gasteiger partial charge in [0, 0.05) is 5.92 Å². The summed E-state index contributed by atoms with van der Waals surface area (Å²) in [6.45, 7) is 0. The Balaban J connectivity index is 2.21. The van der Waals surface area contributed by atoms with Crippen LogP contribution < -0.4 is 0 Å². The van der Waals surface area contributed by atoms with Gasteiger partial charge in [-0.2, -0.15) is 0 Å². The highest BCUT2D eigenvalue weighted by Gasteiger charge is 2.18. The molecule has 0 aromatic heterocycles. The number of hydrogen-bond acceptors (Lipinski definition) is 1. The minimum absolute atomic E-state index is 0.457. The SMILES string of the molecule is C1=CC2CCC=NC2C=C1. The first-order chi connectivity index (χ1) is 4.97. The molecule has 0 aromatic rings. The number of nitrogens with zero attached hydrogens (tertiary/aromatic N) is 1. The normalized spacial score (nSPS) is 36.0. The minimum Gasteiger partial charge on any atom is -0.289 e. The van der Waals surface area contributed by atoms with Crippen LogP contribution in [0.15, 0.2) is 29.3 Å². The van der Waals surface area contributed by atoms with E-state index in [0.29, 0.717) is 12.0 Å². The Morgan fingerprint density at radius 2 is 2.10 bits per heavy atom. The highest BCUT2D eigenvalue weighted by molar-refractivity contribution is 5.59. The molecule has 52 valence electrons. The van der Waals surface area contributed by atoms with Gasteiger partial charge in [0.15, 0.2) is 0 Å². The molecule has 0 aromatic carbocycles. The summed E-state index contributed by atoms with van der Waals surface area (Å²) in [7, 11) is 0. The van der Waals surface area contributed by atoms with Crippen molar-refractivity contribution in [1.29, 1.82) is 0 Å². The molecule has 1 aliphatic carbocycles. The van der Waals surface area contributed by atoms with Gasteiger partial charge in [0.05, 0.1) is 6.04 Å². The molecular weight excluding hydrogens is 122 g/mol. The van der Waals surface area contributed by atoms with Crippen molar-refractivity contribution in [3.63, 3.8) is 0 Å². The van der Waals surface area contributed by atoms with E-state index in [9.17, 15) is 0 Å². The van der Waals surface area contributed by atoms with Gasteiger partial charge >= 0.3 is 0 Å². The first-order valence-corrected chi connectivity index (χ1v) is 3.83. The van der Waals surface area contributed by atoms with Crippen LogP contribution in [0.1, 0.15) is 12.8 Å². The molecule has 1 aliphatic heterocycles. The smallest absolute Gasteiger partial charge is 0.0741 e. The van der Waals surface area contributed by atoms with Crippen molar-refractivity contribution in [2.45, 2.75) is 18.9 Å². The van der Waals surface area contributed by atoms with Crippen molar-refractivity contribution in [3.05, 3.63) is 24.3 Å². The molecule has 0 radical (unpaired) electrons. The van der Waals surface area contributed by atoms with E-state index >= 15 is 0 Å². The van der Waals surface area contributed by atoms with E-state index in [4.69, 9.17) is 0 Å².